The molecule has 0 heterocycles. The summed E-state index contributed by atoms with van der Waals surface area (Å²) in [5, 5.41) is 0. The van der Waals surface area contributed by atoms with Gasteiger partial charge in [-0.15, -0.1) is 0 Å². The number of carbonyl (C=O) groups is 1. The van der Waals surface area contributed by atoms with Crippen molar-refractivity contribution in [1.82, 2.24) is 0 Å². The molecule has 2 rings (SSSR count). The molecular formula is C15H12F2O. The molecule has 0 unspecified atom stereocenters. The quantitative estimate of drug-likeness (QED) is 0.750. The highest BCUT2D eigenvalue weighted by molar-refractivity contribution is 5.96. The molecule has 0 aromatic heterocycles. The Morgan fingerprint density at radius 3 is 2.50 bits per heavy atom. The summed E-state index contributed by atoms with van der Waals surface area (Å²) in [4.78, 5) is 11.8. The van der Waals surface area contributed by atoms with E-state index in [1.54, 1.807) is 24.3 Å². The summed E-state index contributed by atoms with van der Waals surface area (Å²) in [6.07, 6.45) is 0.579. The number of aryl methyl sites for hydroxylation is 1. The van der Waals surface area contributed by atoms with Crippen LogP contribution >= 0.6 is 0 Å². The summed E-state index contributed by atoms with van der Waals surface area (Å²) in [6.45, 7) is 0. The van der Waals surface area contributed by atoms with Gasteiger partial charge in [-0.25, -0.2) is 8.78 Å². The fourth-order valence-corrected chi connectivity index (χ4v) is 1.77. The van der Waals surface area contributed by atoms with Gasteiger partial charge in [0.05, 0.1) is 5.56 Å². The number of hydrogen-bond acceptors (Lipinski definition) is 1. The van der Waals surface area contributed by atoms with Gasteiger partial charge >= 0.3 is 0 Å². The molecule has 0 fully saturated rings. The molecule has 0 aliphatic heterocycles. The summed E-state index contributed by atoms with van der Waals surface area (Å²) in [5.41, 5.74) is 0.827. The van der Waals surface area contributed by atoms with Gasteiger partial charge < -0.3 is 0 Å². The molecule has 2 aromatic carbocycles. The van der Waals surface area contributed by atoms with E-state index >= 15 is 0 Å². The largest absolute Gasteiger partial charge is 0.294 e. The molecule has 18 heavy (non-hydrogen) atoms. The Bertz CT molecular complexity index is 564. The lowest BCUT2D eigenvalue weighted by Crippen LogP contribution is -2.03. The van der Waals surface area contributed by atoms with Gasteiger partial charge in [-0.1, -0.05) is 24.3 Å². The second-order valence-corrected chi connectivity index (χ2v) is 4.03. The van der Waals surface area contributed by atoms with Crippen molar-refractivity contribution in [2.45, 2.75) is 12.8 Å². The highest BCUT2D eigenvalue weighted by Gasteiger charge is 2.10. The minimum atomic E-state index is -0.512. The number of ketones is 1. The van der Waals surface area contributed by atoms with E-state index in [0.29, 0.717) is 6.42 Å². The van der Waals surface area contributed by atoms with Crippen LogP contribution < -0.4 is 0 Å². The molecule has 0 saturated carbocycles. The average molecular weight is 246 g/mol. The molecule has 0 aliphatic carbocycles. The Morgan fingerprint density at radius 1 is 1.00 bits per heavy atom. The standard InChI is InChI=1S/C15H12F2O/c16-12-5-3-4-11(10-12)8-9-15(18)13-6-1-2-7-14(13)17/h1-7,10H,8-9H2. The van der Waals surface area contributed by atoms with E-state index < -0.39 is 5.82 Å². The van der Waals surface area contributed by atoms with Crippen molar-refractivity contribution in [2.24, 2.45) is 0 Å². The summed E-state index contributed by atoms with van der Waals surface area (Å²) < 4.78 is 26.3. The molecule has 0 aliphatic rings. The highest BCUT2D eigenvalue weighted by Crippen LogP contribution is 2.12. The maximum atomic E-state index is 13.3. The average Bonchev–Trinajstić information content (AvgIpc) is 2.37. The zero-order valence-corrected chi connectivity index (χ0v) is 9.70. The molecule has 0 amide bonds. The van der Waals surface area contributed by atoms with Crippen molar-refractivity contribution in [1.29, 1.82) is 0 Å². The van der Waals surface area contributed by atoms with Crippen LogP contribution in [0.15, 0.2) is 48.5 Å². The van der Waals surface area contributed by atoms with Crippen molar-refractivity contribution in [3.05, 3.63) is 71.3 Å². The normalized spacial score (nSPS) is 10.3. The molecule has 92 valence electrons. The Labute approximate surface area is 104 Å². The van der Waals surface area contributed by atoms with Crippen LogP contribution in [0.3, 0.4) is 0 Å². The second-order valence-electron chi connectivity index (χ2n) is 4.03. The van der Waals surface area contributed by atoms with Gasteiger partial charge in [0.1, 0.15) is 11.6 Å². The molecule has 0 radical (unpaired) electrons. The van der Waals surface area contributed by atoms with Crippen LogP contribution in [0.5, 0.6) is 0 Å². The molecule has 1 nitrogen and oxygen atoms in total. The minimum Gasteiger partial charge on any atom is -0.294 e. The van der Waals surface area contributed by atoms with E-state index in [1.165, 1.54) is 24.3 Å². The third kappa shape index (κ3) is 3.00. The molecule has 0 saturated heterocycles. The zero-order chi connectivity index (χ0) is 13.0. The summed E-state index contributed by atoms with van der Waals surface area (Å²) in [7, 11) is 0. The smallest absolute Gasteiger partial charge is 0.166 e. The molecule has 2 aromatic rings. The first-order valence-corrected chi connectivity index (χ1v) is 5.69. The Morgan fingerprint density at radius 2 is 1.78 bits per heavy atom. The zero-order valence-electron chi connectivity index (χ0n) is 9.70. The van der Waals surface area contributed by atoms with Crippen LogP contribution in [0.4, 0.5) is 8.78 Å². The predicted molar refractivity (Wildman–Crippen MR) is 65.5 cm³/mol. The molecule has 0 bridgehead atoms. The summed E-state index contributed by atoms with van der Waals surface area (Å²) in [6, 6.07) is 12.0. The van der Waals surface area contributed by atoms with Crippen LogP contribution in [0.1, 0.15) is 22.3 Å². The first-order valence-electron chi connectivity index (χ1n) is 5.69. The van der Waals surface area contributed by atoms with E-state index in [2.05, 4.69) is 0 Å². The van der Waals surface area contributed by atoms with Gasteiger partial charge in [-0.05, 0) is 36.2 Å². The van der Waals surface area contributed by atoms with Gasteiger partial charge in [0.15, 0.2) is 5.78 Å². The number of Topliss-reactive ketones (excluding diaryl/α,β-unsaturated/α-hetero) is 1. The molecular weight excluding hydrogens is 234 g/mol. The van der Waals surface area contributed by atoms with Crippen LogP contribution in [-0.4, -0.2) is 5.78 Å². The van der Waals surface area contributed by atoms with Crippen LogP contribution in [0.2, 0.25) is 0 Å². The lowest BCUT2D eigenvalue weighted by molar-refractivity contribution is 0.0979. The number of benzene rings is 2. The lowest BCUT2D eigenvalue weighted by atomic mass is 10.0. The topological polar surface area (TPSA) is 17.1 Å². The Hall–Kier alpha value is -2.03. The highest BCUT2D eigenvalue weighted by atomic mass is 19.1. The van der Waals surface area contributed by atoms with E-state index in [4.69, 9.17) is 0 Å². The van der Waals surface area contributed by atoms with Gasteiger partial charge in [-0.3, -0.25) is 4.79 Å². The Balaban J connectivity index is 2.03. The van der Waals surface area contributed by atoms with Crippen LogP contribution in [0, 0.1) is 11.6 Å². The van der Waals surface area contributed by atoms with E-state index in [1.807, 2.05) is 0 Å². The SMILES string of the molecule is O=C(CCc1cccc(F)c1)c1ccccc1F. The minimum absolute atomic E-state index is 0.0916. The molecule has 3 heteroatoms. The van der Waals surface area contributed by atoms with E-state index in [-0.39, 0.29) is 23.6 Å². The van der Waals surface area contributed by atoms with Crippen molar-refractivity contribution in [3.8, 4) is 0 Å². The van der Waals surface area contributed by atoms with Crippen molar-refractivity contribution in [3.63, 3.8) is 0 Å². The fourth-order valence-electron chi connectivity index (χ4n) is 1.77. The maximum absolute atomic E-state index is 13.3. The van der Waals surface area contributed by atoms with Crippen molar-refractivity contribution >= 4 is 5.78 Å². The van der Waals surface area contributed by atoms with Crippen LogP contribution in [0.25, 0.3) is 0 Å². The van der Waals surface area contributed by atoms with E-state index in [0.717, 1.165) is 5.56 Å². The van der Waals surface area contributed by atoms with Crippen LogP contribution in [-0.2, 0) is 6.42 Å². The number of carbonyl (C=O) groups excluding carboxylic acids is 1. The monoisotopic (exact) mass is 246 g/mol. The van der Waals surface area contributed by atoms with E-state index in [9.17, 15) is 13.6 Å². The second kappa shape index (κ2) is 5.54. The van der Waals surface area contributed by atoms with Crippen molar-refractivity contribution in [2.75, 3.05) is 0 Å². The lowest BCUT2D eigenvalue weighted by Gasteiger charge is -2.03. The number of hydrogen-bond donors (Lipinski definition) is 0. The van der Waals surface area contributed by atoms with Crippen molar-refractivity contribution < 1.29 is 13.6 Å². The molecule has 0 N–H and O–H groups in total. The van der Waals surface area contributed by atoms with Gasteiger partial charge in [0, 0.05) is 6.42 Å². The van der Waals surface area contributed by atoms with Gasteiger partial charge in [0.25, 0.3) is 0 Å². The number of rotatable bonds is 4. The number of halogens is 2. The Kier molecular flexibility index (Phi) is 3.82. The summed E-state index contributed by atoms with van der Waals surface area (Å²) in [5.74, 6) is -1.11. The molecule has 0 atom stereocenters. The first kappa shape index (κ1) is 12.4. The summed E-state index contributed by atoms with van der Waals surface area (Å²) >= 11 is 0. The third-order valence-corrected chi connectivity index (χ3v) is 2.70. The first-order chi connectivity index (χ1) is 8.66. The van der Waals surface area contributed by atoms with Gasteiger partial charge in [-0.2, -0.15) is 0 Å². The van der Waals surface area contributed by atoms with Gasteiger partial charge in [0.2, 0.25) is 0 Å². The third-order valence-electron chi connectivity index (χ3n) is 2.70. The maximum Gasteiger partial charge on any atom is 0.166 e. The molecule has 0 spiro atoms. The fraction of sp³-hybridized carbons (Fsp3) is 0.133. The predicted octanol–water partition coefficient (Wildman–Crippen LogP) is 3.78.